The van der Waals surface area contributed by atoms with Gasteiger partial charge in [-0.25, -0.2) is 0 Å². The normalized spacial score (nSPS) is 19.4. The highest BCUT2D eigenvalue weighted by Gasteiger charge is 2.39. The highest BCUT2D eigenvalue weighted by atomic mass is 16.7. The van der Waals surface area contributed by atoms with Crippen molar-refractivity contribution in [3.63, 3.8) is 0 Å². The molecule has 2 aromatic rings. The lowest BCUT2D eigenvalue weighted by molar-refractivity contribution is -0.155. The molecule has 7 nitrogen and oxygen atoms in total. The summed E-state index contributed by atoms with van der Waals surface area (Å²) >= 11 is 0. The molecule has 1 spiro atoms. The molecule has 1 saturated heterocycles. The van der Waals surface area contributed by atoms with Crippen molar-refractivity contribution in [1.29, 1.82) is 0 Å². The maximum atomic E-state index is 6.28. The molecule has 0 aromatic heterocycles. The first-order valence-electron chi connectivity index (χ1n) is 11.9. The van der Waals surface area contributed by atoms with Gasteiger partial charge in [0, 0.05) is 35.1 Å². The Hall–Kier alpha value is -2.16. The molecule has 4 bridgehead atoms. The third-order valence-electron chi connectivity index (χ3n) is 6.17. The van der Waals surface area contributed by atoms with Crippen LogP contribution in [0.4, 0.5) is 0 Å². The van der Waals surface area contributed by atoms with Crippen molar-refractivity contribution in [3.05, 3.63) is 57.6 Å². The summed E-state index contributed by atoms with van der Waals surface area (Å²) in [5.74, 6) is 0.824. The Bertz CT molecular complexity index is 894. The molecule has 0 unspecified atom stereocenters. The van der Waals surface area contributed by atoms with Gasteiger partial charge in [-0.05, 0) is 13.8 Å². The Labute approximate surface area is 202 Å². The fraction of sp³-hybridized carbons (Fsp3) is 0.556. The number of ether oxygens (including phenoxy) is 7. The van der Waals surface area contributed by atoms with Gasteiger partial charge in [0.2, 0.25) is 0 Å². The zero-order valence-electron chi connectivity index (χ0n) is 20.7. The molecule has 0 atom stereocenters. The van der Waals surface area contributed by atoms with Crippen LogP contribution in [-0.4, -0.2) is 59.6 Å². The van der Waals surface area contributed by atoms with E-state index in [9.17, 15) is 0 Å². The first-order chi connectivity index (χ1) is 16.5. The van der Waals surface area contributed by atoms with E-state index < -0.39 is 5.79 Å². The van der Waals surface area contributed by atoms with Crippen LogP contribution >= 0.6 is 0 Å². The van der Waals surface area contributed by atoms with Gasteiger partial charge < -0.3 is 33.2 Å². The smallest absolute Gasteiger partial charge is 0.176 e. The minimum atomic E-state index is -0.808. The number of fused-ring (bicyclic) bond motifs is 4. The van der Waals surface area contributed by atoms with Crippen molar-refractivity contribution in [1.82, 2.24) is 0 Å². The highest BCUT2D eigenvalue weighted by molar-refractivity contribution is 5.47. The number of hydrogen-bond donors (Lipinski definition) is 0. The second-order valence-electron chi connectivity index (χ2n) is 8.91. The molecule has 1 fully saturated rings. The Morgan fingerprint density at radius 1 is 0.588 bits per heavy atom. The molecule has 2 heterocycles. The van der Waals surface area contributed by atoms with Crippen LogP contribution in [0.25, 0.3) is 0 Å². The number of methoxy groups -OCH3 is 2. The number of benzene rings is 2. The summed E-state index contributed by atoms with van der Waals surface area (Å²) in [7, 11) is 3.40. The standard InChI is InChI=1S/C27H36O7/c1-19-11-21-15-27(33-9-10-34-27)16-22-12-20(2)14-24(26(22)29-4)18-32-8-6-30-5-7-31-17-23(13-19)25(21)28-3/h11-14H,5-10,15-18H2,1-4H3. The van der Waals surface area contributed by atoms with Crippen LogP contribution in [0.2, 0.25) is 0 Å². The van der Waals surface area contributed by atoms with Gasteiger partial charge in [0.1, 0.15) is 11.5 Å². The zero-order chi connectivity index (χ0) is 24.0. The van der Waals surface area contributed by atoms with Gasteiger partial charge in [0.15, 0.2) is 5.79 Å². The fourth-order valence-electron chi connectivity index (χ4n) is 4.90. The van der Waals surface area contributed by atoms with Gasteiger partial charge in [-0.2, -0.15) is 0 Å². The van der Waals surface area contributed by atoms with Crippen molar-refractivity contribution in [2.24, 2.45) is 0 Å². The van der Waals surface area contributed by atoms with Gasteiger partial charge in [-0.15, -0.1) is 0 Å². The SMILES string of the molecule is COc1c2cc(C)cc1CC1(Cc3cc(C)cc(c3OC)COCCOCCOC2)OCCO1. The van der Waals surface area contributed by atoms with E-state index in [1.165, 1.54) is 0 Å². The van der Waals surface area contributed by atoms with Crippen molar-refractivity contribution < 1.29 is 33.2 Å². The van der Waals surface area contributed by atoms with Crippen LogP contribution in [0.5, 0.6) is 11.5 Å². The summed E-state index contributed by atoms with van der Waals surface area (Å²) in [6, 6.07) is 8.50. The number of hydrogen-bond acceptors (Lipinski definition) is 7. The van der Waals surface area contributed by atoms with E-state index in [1.54, 1.807) is 14.2 Å². The molecule has 0 N–H and O–H groups in total. The van der Waals surface area contributed by atoms with Crippen LogP contribution < -0.4 is 9.47 Å². The zero-order valence-corrected chi connectivity index (χ0v) is 20.7. The predicted molar refractivity (Wildman–Crippen MR) is 128 cm³/mol. The summed E-state index contributed by atoms with van der Waals surface area (Å²) in [5, 5.41) is 0. The monoisotopic (exact) mass is 472 g/mol. The Morgan fingerprint density at radius 2 is 1.00 bits per heavy atom. The second-order valence-corrected chi connectivity index (χ2v) is 8.91. The molecule has 4 rings (SSSR count). The Morgan fingerprint density at radius 3 is 1.44 bits per heavy atom. The topological polar surface area (TPSA) is 64.6 Å². The molecule has 2 aliphatic rings. The van der Waals surface area contributed by atoms with Crippen molar-refractivity contribution in [2.75, 3.05) is 53.9 Å². The van der Waals surface area contributed by atoms with Crippen LogP contribution in [0.1, 0.15) is 33.4 Å². The summed E-state index contributed by atoms with van der Waals surface area (Å²) in [4.78, 5) is 0. The van der Waals surface area contributed by atoms with E-state index in [0.29, 0.717) is 65.7 Å². The van der Waals surface area contributed by atoms with E-state index in [1.807, 2.05) is 0 Å². The van der Waals surface area contributed by atoms with E-state index in [-0.39, 0.29) is 0 Å². The van der Waals surface area contributed by atoms with E-state index in [4.69, 9.17) is 33.2 Å². The lowest BCUT2D eigenvalue weighted by Crippen LogP contribution is -2.36. The van der Waals surface area contributed by atoms with Crippen molar-refractivity contribution in [2.45, 2.75) is 45.7 Å². The molecule has 186 valence electrons. The van der Waals surface area contributed by atoms with Crippen LogP contribution in [-0.2, 0) is 49.7 Å². The predicted octanol–water partition coefficient (Wildman–Crippen LogP) is 3.91. The first-order valence-corrected chi connectivity index (χ1v) is 11.9. The molecule has 0 saturated carbocycles. The summed E-state index contributed by atoms with van der Waals surface area (Å²) in [5.41, 5.74) is 6.36. The fourth-order valence-corrected chi connectivity index (χ4v) is 4.90. The van der Waals surface area contributed by atoms with Gasteiger partial charge in [0.05, 0.1) is 67.1 Å². The maximum absolute atomic E-state index is 6.28. The second kappa shape index (κ2) is 11.5. The summed E-state index contributed by atoms with van der Waals surface area (Å²) in [6.07, 6.45) is 1.10. The summed E-state index contributed by atoms with van der Waals surface area (Å²) in [6.45, 7) is 8.17. The number of aryl methyl sites for hydroxylation is 2. The average molecular weight is 473 g/mol. The van der Waals surface area contributed by atoms with E-state index in [0.717, 1.165) is 44.9 Å². The molecule has 0 amide bonds. The maximum Gasteiger partial charge on any atom is 0.176 e. The third-order valence-corrected chi connectivity index (χ3v) is 6.17. The van der Waals surface area contributed by atoms with E-state index in [2.05, 4.69) is 38.1 Å². The molecule has 7 heteroatoms. The molecular weight excluding hydrogens is 436 g/mol. The quantitative estimate of drug-likeness (QED) is 0.657. The van der Waals surface area contributed by atoms with Crippen molar-refractivity contribution >= 4 is 0 Å². The highest BCUT2D eigenvalue weighted by Crippen LogP contribution is 2.38. The third kappa shape index (κ3) is 5.90. The van der Waals surface area contributed by atoms with Gasteiger partial charge >= 0.3 is 0 Å². The minimum absolute atomic E-state index is 0.446. The molecule has 0 radical (unpaired) electrons. The first kappa shape index (κ1) is 24.9. The van der Waals surface area contributed by atoms with Gasteiger partial charge in [0.25, 0.3) is 0 Å². The van der Waals surface area contributed by atoms with Gasteiger partial charge in [-0.3, -0.25) is 0 Å². The van der Waals surface area contributed by atoms with E-state index >= 15 is 0 Å². The molecule has 2 aromatic carbocycles. The van der Waals surface area contributed by atoms with Gasteiger partial charge in [-0.1, -0.05) is 35.4 Å². The van der Waals surface area contributed by atoms with Crippen LogP contribution in [0, 0.1) is 13.8 Å². The summed E-state index contributed by atoms with van der Waals surface area (Å²) < 4.78 is 41.7. The molecule has 2 aliphatic heterocycles. The minimum Gasteiger partial charge on any atom is -0.496 e. The van der Waals surface area contributed by atoms with Crippen molar-refractivity contribution in [3.8, 4) is 11.5 Å². The average Bonchev–Trinajstić information content (AvgIpc) is 3.25. The Kier molecular flexibility index (Phi) is 8.45. The molecule has 34 heavy (non-hydrogen) atoms. The lowest BCUT2D eigenvalue weighted by Gasteiger charge is -2.30. The largest absolute Gasteiger partial charge is 0.496 e. The molecular formula is C27H36O7. The van der Waals surface area contributed by atoms with Crippen LogP contribution in [0.3, 0.4) is 0 Å². The molecule has 0 aliphatic carbocycles. The Balaban J connectivity index is 1.75. The number of rotatable bonds is 2. The van der Waals surface area contributed by atoms with Crippen LogP contribution in [0.15, 0.2) is 24.3 Å². The lowest BCUT2D eigenvalue weighted by atomic mass is 9.92.